The summed E-state index contributed by atoms with van der Waals surface area (Å²) in [5.41, 5.74) is 20.7. The second kappa shape index (κ2) is 32.1. The minimum Gasteiger partial charge on any atom is -0.508 e. The number of carboxylic acid groups (broad SMARTS) is 1. The van der Waals surface area contributed by atoms with Gasteiger partial charge in [0.05, 0.1) is 31.4 Å². The van der Waals surface area contributed by atoms with Crippen molar-refractivity contribution in [3.63, 3.8) is 0 Å². The number of carbonyl (C=O) groups is 8. The van der Waals surface area contributed by atoms with Crippen molar-refractivity contribution in [2.24, 2.45) is 17.2 Å². The summed E-state index contributed by atoms with van der Waals surface area (Å²) in [4.78, 5) is 140. The number of aromatic hydroxyl groups is 2. The van der Waals surface area contributed by atoms with Gasteiger partial charge >= 0.3 is 5.97 Å². The van der Waals surface area contributed by atoms with Gasteiger partial charge in [-0.25, -0.2) is 24.7 Å². The van der Waals surface area contributed by atoms with Crippen molar-refractivity contribution >= 4 is 47.3 Å². The van der Waals surface area contributed by atoms with Crippen LogP contribution in [0.4, 0.5) is 0 Å². The molecule has 8 atom stereocenters. The summed E-state index contributed by atoms with van der Waals surface area (Å²) in [5, 5.41) is 48.9. The molecule has 4 aromatic heterocycles. The van der Waals surface area contributed by atoms with Crippen LogP contribution in [0.3, 0.4) is 0 Å². The van der Waals surface area contributed by atoms with Crippen molar-refractivity contribution < 1.29 is 53.7 Å². The quantitative estimate of drug-likeness (QED) is 0.0188. The number of nitrogens with two attached hydrogens (primary N) is 3. The molecule has 0 aliphatic heterocycles. The molecule has 6 aromatic rings. The van der Waals surface area contributed by atoms with Crippen LogP contribution in [0.25, 0.3) is 0 Å². The summed E-state index contributed by atoms with van der Waals surface area (Å²) in [6.45, 7) is 0.494. The fourth-order valence-electron chi connectivity index (χ4n) is 8.78. The van der Waals surface area contributed by atoms with Gasteiger partial charge in [0.15, 0.2) is 0 Å². The average molecular weight is 1150 g/mol. The molecule has 444 valence electrons. The number of hydrogen-bond donors (Lipinski definition) is 17. The monoisotopic (exact) mass is 1150 g/mol. The molecule has 0 saturated carbocycles. The topological polar surface area (TPSA) is 474 Å². The van der Waals surface area contributed by atoms with Crippen molar-refractivity contribution in [2.75, 3.05) is 13.1 Å². The lowest BCUT2D eigenvalue weighted by molar-refractivity contribution is -0.142. The largest absolute Gasteiger partial charge is 0.508 e. The van der Waals surface area contributed by atoms with Gasteiger partial charge in [0.2, 0.25) is 41.4 Å². The number of amides is 7. The third-order valence-electron chi connectivity index (χ3n) is 13.3. The van der Waals surface area contributed by atoms with Gasteiger partial charge in [-0.2, -0.15) is 0 Å². The number of carboxylic acids is 1. The zero-order valence-electron chi connectivity index (χ0n) is 45.4. The summed E-state index contributed by atoms with van der Waals surface area (Å²) in [6.07, 6.45) is 12.1. The highest BCUT2D eigenvalue weighted by atomic mass is 16.4. The molecule has 0 fully saturated rings. The molecule has 0 aliphatic carbocycles. The summed E-state index contributed by atoms with van der Waals surface area (Å²) in [7, 11) is 0. The smallest absolute Gasteiger partial charge is 0.326 e. The normalized spacial score (nSPS) is 14.1. The van der Waals surface area contributed by atoms with Crippen molar-refractivity contribution in [1.82, 2.24) is 77.1 Å². The molecule has 6 rings (SSSR count). The average Bonchev–Trinajstić information content (AvgIpc) is 4.35. The van der Waals surface area contributed by atoms with Crippen LogP contribution >= 0.6 is 0 Å². The molecule has 0 spiro atoms. The molecule has 0 unspecified atom stereocenters. The minimum absolute atomic E-state index is 0.0100. The molecule has 0 aliphatic rings. The van der Waals surface area contributed by atoms with E-state index < -0.39 is 95.7 Å². The second-order valence-electron chi connectivity index (χ2n) is 19.8. The van der Waals surface area contributed by atoms with Crippen LogP contribution in [0, 0.1) is 0 Å². The molecule has 0 saturated heterocycles. The van der Waals surface area contributed by atoms with E-state index in [1.165, 1.54) is 86.5 Å². The summed E-state index contributed by atoms with van der Waals surface area (Å²) in [5.74, 6) is -7.21. The van der Waals surface area contributed by atoms with Crippen molar-refractivity contribution in [3.8, 4) is 11.5 Å². The van der Waals surface area contributed by atoms with E-state index in [2.05, 4.69) is 77.1 Å². The van der Waals surface area contributed by atoms with Gasteiger partial charge in [-0.1, -0.05) is 24.3 Å². The predicted molar refractivity (Wildman–Crippen MR) is 298 cm³/mol. The first-order chi connectivity index (χ1) is 40.0. The lowest BCUT2D eigenvalue weighted by Crippen LogP contribution is -2.61. The number of phenols is 2. The fourth-order valence-corrected chi connectivity index (χ4v) is 8.78. The number of phenolic OH excluding ortho intramolecular Hbond substituents is 2. The molecular weight excluding hydrogens is 1080 g/mol. The highest BCUT2D eigenvalue weighted by Gasteiger charge is 2.35. The molecular formula is C54H72N18O11. The Kier molecular flexibility index (Phi) is 24.2. The van der Waals surface area contributed by atoms with Crippen LogP contribution in [-0.2, 0) is 76.9 Å². The van der Waals surface area contributed by atoms with E-state index in [1.807, 2.05) is 0 Å². The Hall–Kier alpha value is -9.48. The van der Waals surface area contributed by atoms with Gasteiger partial charge in [-0.15, -0.1) is 0 Å². The molecule has 2 aromatic carbocycles. The van der Waals surface area contributed by atoms with Gasteiger partial charge in [0.1, 0.15) is 53.8 Å². The number of hydrogen-bond acceptors (Lipinski definition) is 17. The zero-order valence-corrected chi connectivity index (χ0v) is 45.4. The number of benzene rings is 2. The first kappa shape index (κ1) is 62.7. The summed E-state index contributed by atoms with van der Waals surface area (Å²) in [6, 6.07) is 0.845. The zero-order chi connectivity index (χ0) is 59.7. The molecule has 29 heteroatoms. The number of rotatable bonds is 35. The van der Waals surface area contributed by atoms with Crippen LogP contribution in [0.1, 0.15) is 72.4 Å². The van der Waals surface area contributed by atoms with Gasteiger partial charge in [0, 0.05) is 86.1 Å². The van der Waals surface area contributed by atoms with Gasteiger partial charge in [0.25, 0.3) is 0 Å². The van der Waals surface area contributed by atoms with Gasteiger partial charge in [-0.05, 0) is 87.0 Å². The standard InChI is InChI=1S/C54H72N18O11/c55-15-3-1-5-40(66-52(80)44(20-34-24-59-28-63-34)70-50(78)42(17-31-7-11-37(73)12-8-31)68-47(75)39(57)19-33-23-58-27-62-33)48(76)69-43(18-32-9-13-38(74)14-10-32)51(79)71-45(21-35-25-60-29-64-35)53(81)67-41(6-2-4-16-56)49(77)72-46(54(82)83)22-36-26-61-30-65-36/h7-14,23-30,39-46,73-74H,1-6,15-22,55-57H2,(H,58,62)(H,59,63)(H,60,64)(H,61,65)(H,66,80)(H,67,81)(H,68,75)(H,69,76)(H,70,78)(H,71,79)(H,72,77)(H,82,83)/t39-,40-,41-,42-,43-,44-,45-,46-/m0/s1. The van der Waals surface area contributed by atoms with E-state index in [4.69, 9.17) is 17.2 Å². The third kappa shape index (κ3) is 20.5. The molecule has 29 nitrogen and oxygen atoms in total. The molecule has 0 radical (unpaired) electrons. The predicted octanol–water partition coefficient (Wildman–Crippen LogP) is -2.19. The number of aromatic amines is 4. The number of unbranched alkanes of at least 4 members (excludes halogenated alkanes) is 2. The highest BCUT2D eigenvalue weighted by Crippen LogP contribution is 2.16. The van der Waals surface area contributed by atoms with Crippen LogP contribution in [0.15, 0.2) is 98.6 Å². The van der Waals surface area contributed by atoms with Crippen LogP contribution in [0.2, 0.25) is 0 Å². The maximum absolute atomic E-state index is 14.8. The molecule has 7 amide bonds. The Balaban J connectivity index is 1.25. The molecule has 4 heterocycles. The fraction of sp³-hybridized carbons (Fsp3) is 0.407. The van der Waals surface area contributed by atoms with Crippen LogP contribution < -0.4 is 54.4 Å². The second-order valence-corrected chi connectivity index (χ2v) is 19.8. The Morgan fingerprint density at radius 2 is 0.687 bits per heavy atom. The Bertz CT molecular complexity index is 2980. The first-order valence-corrected chi connectivity index (χ1v) is 26.9. The Labute approximate surface area is 476 Å². The number of carbonyl (C=O) groups excluding carboxylic acids is 7. The number of H-pyrrole nitrogens is 4. The molecule has 20 N–H and O–H groups in total. The highest BCUT2D eigenvalue weighted by molar-refractivity contribution is 5.98. The number of aliphatic carboxylic acids is 1. The van der Waals surface area contributed by atoms with Crippen molar-refractivity contribution in [1.29, 1.82) is 0 Å². The van der Waals surface area contributed by atoms with Gasteiger partial charge < -0.3 is 89.7 Å². The SMILES string of the molecule is NCCCC[C@H](NC(=O)[C@H](Cc1cnc[nH]1)NC(=O)[C@H](Cc1ccc(O)cc1)NC(=O)[C@H](CCCCN)NC(=O)[C@H](Cc1cnc[nH]1)NC(=O)[C@H](Cc1ccc(O)cc1)NC(=O)[C@@H](N)Cc1cnc[nH]1)C(=O)N[C@@H](Cc1cnc[nH]1)C(=O)O. The van der Waals surface area contributed by atoms with Crippen molar-refractivity contribution in [3.05, 3.63) is 133 Å². The number of nitrogens with zero attached hydrogens (tertiary/aromatic N) is 4. The van der Waals surface area contributed by atoms with E-state index >= 15 is 0 Å². The summed E-state index contributed by atoms with van der Waals surface area (Å²) < 4.78 is 0. The third-order valence-corrected chi connectivity index (χ3v) is 13.3. The number of imidazole rings is 4. The van der Waals surface area contributed by atoms with Crippen LogP contribution in [-0.4, -0.2) is 164 Å². The number of nitrogens with one attached hydrogen (secondary N) is 11. The summed E-state index contributed by atoms with van der Waals surface area (Å²) >= 11 is 0. The van der Waals surface area contributed by atoms with Crippen molar-refractivity contribution in [2.45, 2.75) is 125 Å². The Morgan fingerprint density at radius 1 is 0.398 bits per heavy atom. The molecule has 83 heavy (non-hydrogen) atoms. The maximum Gasteiger partial charge on any atom is 0.326 e. The van der Waals surface area contributed by atoms with Gasteiger partial charge in [-0.3, -0.25) is 33.6 Å². The minimum atomic E-state index is -1.48. The number of aromatic nitrogens is 8. The van der Waals surface area contributed by atoms with E-state index in [0.29, 0.717) is 59.6 Å². The van der Waals surface area contributed by atoms with E-state index in [1.54, 1.807) is 12.1 Å². The van der Waals surface area contributed by atoms with E-state index in [0.717, 1.165) is 0 Å². The maximum atomic E-state index is 14.8. The lowest BCUT2D eigenvalue weighted by Gasteiger charge is -2.28. The first-order valence-electron chi connectivity index (χ1n) is 26.9. The van der Waals surface area contributed by atoms with Crippen LogP contribution in [0.5, 0.6) is 11.5 Å². The lowest BCUT2D eigenvalue weighted by atomic mass is 10.0. The molecule has 0 bridgehead atoms. The van der Waals surface area contributed by atoms with E-state index in [-0.39, 0.29) is 76.0 Å². The Morgan fingerprint density at radius 3 is 1.01 bits per heavy atom. The van der Waals surface area contributed by atoms with E-state index in [9.17, 15) is 53.7 Å².